The highest BCUT2D eigenvalue weighted by atomic mass is 79.9. The fraction of sp³-hybridized carbons (Fsp3) is 0.100. The fourth-order valence-electron chi connectivity index (χ4n) is 2.65. The van der Waals surface area contributed by atoms with E-state index in [-0.39, 0.29) is 5.91 Å². The molecule has 5 heteroatoms. The summed E-state index contributed by atoms with van der Waals surface area (Å²) in [7, 11) is 1.53. The molecule has 3 rings (SSSR count). The number of benzene rings is 3. The molecule has 3 aromatic carbocycles. The lowest BCUT2D eigenvalue weighted by Gasteiger charge is -2.09. The molecule has 0 radical (unpaired) electrons. The predicted molar refractivity (Wildman–Crippen MR) is 104 cm³/mol. The molecular formula is C20H17BrN2O2. The number of hydrogen-bond acceptors (Lipinski definition) is 3. The SMILES string of the molecule is COc1ccc(Br)cc1C(=O)N/N=C(/C)c1cccc2ccccc12. The summed E-state index contributed by atoms with van der Waals surface area (Å²) < 4.78 is 6.04. The first-order valence-electron chi connectivity index (χ1n) is 7.76. The Hall–Kier alpha value is -2.66. The number of carbonyl (C=O) groups excluding carboxylic acids is 1. The zero-order valence-corrected chi connectivity index (χ0v) is 15.5. The summed E-state index contributed by atoms with van der Waals surface area (Å²) in [6.07, 6.45) is 0. The number of hydrazone groups is 1. The highest BCUT2D eigenvalue weighted by molar-refractivity contribution is 9.10. The van der Waals surface area contributed by atoms with Crippen LogP contribution in [0.1, 0.15) is 22.8 Å². The minimum atomic E-state index is -0.322. The van der Waals surface area contributed by atoms with E-state index < -0.39 is 0 Å². The summed E-state index contributed by atoms with van der Waals surface area (Å²) >= 11 is 3.37. The second kappa shape index (κ2) is 7.49. The van der Waals surface area contributed by atoms with E-state index in [1.165, 1.54) is 7.11 Å². The van der Waals surface area contributed by atoms with Gasteiger partial charge in [-0.15, -0.1) is 0 Å². The molecule has 1 N–H and O–H groups in total. The van der Waals surface area contributed by atoms with E-state index in [1.807, 2.05) is 43.3 Å². The quantitative estimate of drug-likeness (QED) is 0.510. The van der Waals surface area contributed by atoms with Crippen LogP contribution in [0.15, 0.2) is 70.2 Å². The molecule has 1 amide bonds. The molecule has 0 fully saturated rings. The van der Waals surface area contributed by atoms with Crippen LogP contribution in [0.2, 0.25) is 0 Å². The Bertz CT molecular complexity index is 962. The van der Waals surface area contributed by atoms with Crippen molar-refractivity contribution < 1.29 is 9.53 Å². The van der Waals surface area contributed by atoms with Gasteiger partial charge >= 0.3 is 0 Å². The van der Waals surface area contributed by atoms with Crippen molar-refractivity contribution in [3.8, 4) is 5.75 Å². The molecule has 0 spiro atoms. The molecule has 25 heavy (non-hydrogen) atoms. The minimum Gasteiger partial charge on any atom is -0.496 e. The molecule has 0 saturated heterocycles. The Balaban J connectivity index is 1.88. The average Bonchev–Trinajstić information content (AvgIpc) is 2.65. The largest absolute Gasteiger partial charge is 0.496 e. The molecule has 126 valence electrons. The van der Waals surface area contributed by atoms with E-state index in [4.69, 9.17) is 4.74 Å². The first-order chi connectivity index (χ1) is 12.1. The Morgan fingerprint density at radius 2 is 1.80 bits per heavy atom. The second-order valence-electron chi connectivity index (χ2n) is 5.51. The van der Waals surface area contributed by atoms with Crippen LogP contribution in [0, 0.1) is 0 Å². The van der Waals surface area contributed by atoms with E-state index in [1.54, 1.807) is 12.1 Å². The van der Waals surface area contributed by atoms with Crippen LogP contribution in [-0.2, 0) is 0 Å². The summed E-state index contributed by atoms with van der Waals surface area (Å²) in [6.45, 7) is 1.88. The van der Waals surface area contributed by atoms with E-state index in [0.29, 0.717) is 11.3 Å². The van der Waals surface area contributed by atoms with Crippen LogP contribution in [0.4, 0.5) is 0 Å². The van der Waals surface area contributed by atoms with Gasteiger partial charge in [0.05, 0.1) is 18.4 Å². The van der Waals surface area contributed by atoms with Crippen molar-refractivity contribution in [3.05, 3.63) is 76.3 Å². The topological polar surface area (TPSA) is 50.7 Å². The van der Waals surface area contributed by atoms with Crippen molar-refractivity contribution in [2.75, 3.05) is 7.11 Å². The van der Waals surface area contributed by atoms with E-state index in [0.717, 1.165) is 26.5 Å². The van der Waals surface area contributed by atoms with Crippen LogP contribution >= 0.6 is 15.9 Å². The maximum absolute atomic E-state index is 12.5. The van der Waals surface area contributed by atoms with Gasteiger partial charge in [0.2, 0.25) is 0 Å². The number of carbonyl (C=O) groups is 1. The normalized spacial score (nSPS) is 11.4. The number of methoxy groups -OCH3 is 1. The number of nitrogens with one attached hydrogen (secondary N) is 1. The van der Waals surface area contributed by atoms with Crippen LogP contribution in [0.5, 0.6) is 5.75 Å². The maximum atomic E-state index is 12.5. The minimum absolute atomic E-state index is 0.322. The molecule has 0 atom stereocenters. The van der Waals surface area contributed by atoms with Crippen molar-refractivity contribution in [3.63, 3.8) is 0 Å². The lowest BCUT2D eigenvalue weighted by Crippen LogP contribution is -2.20. The van der Waals surface area contributed by atoms with Gasteiger partial charge in [0.15, 0.2) is 0 Å². The zero-order valence-electron chi connectivity index (χ0n) is 13.9. The number of halogens is 1. The van der Waals surface area contributed by atoms with Gasteiger partial charge < -0.3 is 4.74 Å². The molecule has 0 bridgehead atoms. The summed E-state index contributed by atoms with van der Waals surface area (Å²) in [5, 5.41) is 6.50. The lowest BCUT2D eigenvalue weighted by atomic mass is 10.0. The van der Waals surface area contributed by atoms with Crippen molar-refractivity contribution in [2.45, 2.75) is 6.92 Å². The third-order valence-electron chi connectivity index (χ3n) is 3.91. The standard InChI is InChI=1S/C20H17BrN2O2/c1-13(16-9-5-7-14-6-3-4-8-17(14)16)22-23-20(24)18-12-15(21)10-11-19(18)25-2/h3-12H,1-2H3,(H,23,24)/b22-13-. The summed E-state index contributed by atoms with van der Waals surface area (Å²) in [6, 6.07) is 19.4. The van der Waals surface area contributed by atoms with Crippen LogP contribution in [-0.4, -0.2) is 18.7 Å². The summed E-state index contributed by atoms with van der Waals surface area (Å²) in [5.41, 5.74) is 4.76. The number of nitrogens with zero attached hydrogens (tertiary/aromatic N) is 1. The Morgan fingerprint density at radius 3 is 2.60 bits per heavy atom. The highest BCUT2D eigenvalue weighted by Gasteiger charge is 2.12. The Kier molecular flexibility index (Phi) is 5.14. The molecule has 3 aromatic rings. The number of ether oxygens (including phenoxy) is 1. The van der Waals surface area contributed by atoms with Crippen molar-refractivity contribution in [1.29, 1.82) is 0 Å². The van der Waals surface area contributed by atoms with Gasteiger partial charge in [0, 0.05) is 10.0 Å². The van der Waals surface area contributed by atoms with Crippen molar-refractivity contribution >= 4 is 38.3 Å². The Morgan fingerprint density at radius 1 is 1.04 bits per heavy atom. The predicted octanol–water partition coefficient (Wildman–Crippen LogP) is 4.76. The third-order valence-corrected chi connectivity index (χ3v) is 4.40. The zero-order chi connectivity index (χ0) is 17.8. The number of hydrogen-bond donors (Lipinski definition) is 1. The average molecular weight is 397 g/mol. The first-order valence-corrected chi connectivity index (χ1v) is 8.56. The smallest absolute Gasteiger partial charge is 0.275 e. The van der Waals surface area contributed by atoms with Gasteiger partial charge in [-0.25, -0.2) is 5.43 Å². The number of fused-ring (bicyclic) bond motifs is 1. The number of amides is 1. The van der Waals surface area contributed by atoms with Gasteiger partial charge in [-0.2, -0.15) is 5.10 Å². The fourth-order valence-corrected chi connectivity index (χ4v) is 3.01. The van der Waals surface area contributed by atoms with Gasteiger partial charge in [-0.3, -0.25) is 4.79 Å². The Labute approximate surface area is 154 Å². The monoisotopic (exact) mass is 396 g/mol. The molecular weight excluding hydrogens is 380 g/mol. The van der Waals surface area contributed by atoms with E-state index in [9.17, 15) is 4.79 Å². The molecule has 4 nitrogen and oxygen atoms in total. The summed E-state index contributed by atoms with van der Waals surface area (Å²) in [4.78, 5) is 12.5. The molecule has 0 unspecified atom stereocenters. The van der Waals surface area contributed by atoms with Crippen molar-refractivity contribution in [1.82, 2.24) is 5.43 Å². The lowest BCUT2D eigenvalue weighted by molar-refractivity contribution is 0.0951. The third kappa shape index (κ3) is 3.72. The van der Waals surface area contributed by atoms with E-state index in [2.05, 4.69) is 38.6 Å². The van der Waals surface area contributed by atoms with E-state index >= 15 is 0 Å². The molecule has 0 aliphatic rings. The number of rotatable bonds is 4. The van der Waals surface area contributed by atoms with Crippen LogP contribution in [0.25, 0.3) is 10.8 Å². The van der Waals surface area contributed by atoms with Crippen molar-refractivity contribution in [2.24, 2.45) is 5.10 Å². The van der Waals surface area contributed by atoms with Crippen LogP contribution < -0.4 is 10.2 Å². The van der Waals surface area contributed by atoms with Crippen LogP contribution in [0.3, 0.4) is 0 Å². The van der Waals surface area contributed by atoms with Gasteiger partial charge in [-0.1, -0.05) is 58.4 Å². The molecule has 0 aliphatic heterocycles. The molecule has 0 aromatic heterocycles. The van der Waals surface area contributed by atoms with Gasteiger partial charge in [-0.05, 0) is 35.9 Å². The molecule has 0 aliphatic carbocycles. The first kappa shape index (κ1) is 17.2. The molecule has 0 heterocycles. The summed E-state index contributed by atoms with van der Waals surface area (Å²) in [5.74, 6) is 0.177. The second-order valence-corrected chi connectivity index (χ2v) is 6.43. The maximum Gasteiger partial charge on any atom is 0.275 e. The van der Waals surface area contributed by atoms with Gasteiger partial charge in [0.25, 0.3) is 5.91 Å². The molecule has 0 saturated carbocycles. The highest BCUT2D eigenvalue weighted by Crippen LogP contribution is 2.23. The van der Waals surface area contributed by atoms with Gasteiger partial charge in [0.1, 0.15) is 5.75 Å².